The lowest BCUT2D eigenvalue weighted by atomic mass is 10.1. The van der Waals surface area contributed by atoms with E-state index >= 15 is 0 Å². The normalized spacial score (nSPS) is 22.0. The van der Waals surface area contributed by atoms with Crippen LogP contribution in [0, 0.1) is 10.1 Å². The molecule has 1 aromatic rings. The third kappa shape index (κ3) is 3.30. The molecule has 1 saturated heterocycles. The van der Waals surface area contributed by atoms with Crippen LogP contribution in [0.1, 0.15) is 24.2 Å². The van der Waals surface area contributed by atoms with Crippen molar-refractivity contribution in [2.45, 2.75) is 26.1 Å². The minimum Gasteiger partial charge on any atom is -0.490 e. The highest BCUT2D eigenvalue weighted by molar-refractivity contribution is 5.95. The molecule has 0 radical (unpaired) electrons. The molecule has 0 N–H and O–H groups in total. The van der Waals surface area contributed by atoms with Crippen molar-refractivity contribution in [1.82, 2.24) is 4.90 Å². The lowest BCUT2D eigenvalue weighted by Crippen LogP contribution is -2.48. The summed E-state index contributed by atoms with van der Waals surface area (Å²) in [6, 6.07) is 4.24. The average Bonchev–Trinajstić information content (AvgIpc) is 2.44. The maximum Gasteiger partial charge on any atom is 0.311 e. The Morgan fingerprint density at radius 2 is 2.00 bits per heavy atom. The van der Waals surface area contributed by atoms with Crippen molar-refractivity contribution in [2.24, 2.45) is 0 Å². The van der Waals surface area contributed by atoms with E-state index < -0.39 is 4.92 Å². The zero-order chi connectivity index (χ0) is 15.6. The first-order valence-electron chi connectivity index (χ1n) is 6.69. The molecular formula is C14H18N2O5. The van der Waals surface area contributed by atoms with Crippen LogP contribution in [0.5, 0.6) is 5.75 Å². The molecule has 114 valence electrons. The Labute approximate surface area is 122 Å². The molecule has 1 aromatic carbocycles. The van der Waals surface area contributed by atoms with Gasteiger partial charge in [-0.05, 0) is 26.0 Å². The molecule has 1 fully saturated rings. The fourth-order valence-electron chi connectivity index (χ4n) is 2.49. The fraction of sp³-hybridized carbons (Fsp3) is 0.500. The van der Waals surface area contributed by atoms with E-state index in [2.05, 4.69) is 0 Å². The summed E-state index contributed by atoms with van der Waals surface area (Å²) in [5, 5.41) is 11.0. The fourth-order valence-corrected chi connectivity index (χ4v) is 2.49. The molecule has 1 amide bonds. The maximum atomic E-state index is 12.5. The van der Waals surface area contributed by atoms with Gasteiger partial charge >= 0.3 is 5.69 Å². The summed E-state index contributed by atoms with van der Waals surface area (Å²) in [5.41, 5.74) is 0.0708. The monoisotopic (exact) mass is 294 g/mol. The van der Waals surface area contributed by atoms with Crippen molar-refractivity contribution < 1.29 is 19.2 Å². The number of methoxy groups -OCH3 is 1. The molecule has 1 aliphatic rings. The van der Waals surface area contributed by atoms with Gasteiger partial charge in [-0.25, -0.2) is 0 Å². The highest BCUT2D eigenvalue weighted by Gasteiger charge is 2.28. The number of benzene rings is 1. The zero-order valence-electron chi connectivity index (χ0n) is 12.2. The summed E-state index contributed by atoms with van der Waals surface area (Å²) >= 11 is 0. The number of carbonyl (C=O) groups is 1. The Morgan fingerprint density at radius 1 is 1.38 bits per heavy atom. The van der Waals surface area contributed by atoms with Crippen LogP contribution in [0.25, 0.3) is 0 Å². The number of nitrogens with zero attached hydrogens (tertiary/aromatic N) is 2. The van der Waals surface area contributed by atoms with Gasteiger partial charge in [0.25, 0.3) is 5.91 Å². The second kappa shape index (κ2) is 6.09. The molecule has 0 spiro atoms. The first-order chi connectivity index (χ1) is 9.92. The molecule has 7 heteroatoms. The van der Waals surface area contributed by atoms with E-state index in [0.717, 1.165) is 0 Å². The topological polar surface area (TPSA) is 81.9 Å². The summed E-state index contributed by atoms with van der Waals surface area (Å²) in [4.78, 5) is 24.6. The molecule has 1 aliphatic heterocycles. The molecule has 0 aliphatic carbocycles. The summed E-state index contributed by atoms with van der Waals surface area (Å²) < 4.78 is 10.5. The Balaban J connectivity index is 2.27. The van der Waals surface area contributed by atoms with Gasteiger partial charge in [0.2, 0.25) is 0 Å². The number of carbonyl (C=O) groups excluding carboxylic acids is 1. The van der Waals surface area contributed by atoms with Crippen molar-refractivity contribution in [3.05, 3.63) is 33.9 Å². The second-order valence-electron chi connectivity index (χ2n) is 5.11. The molecular weight excluding hydrogens is 276 g/mol. The van der Waals surface area contributed by atoms with Gasteiger partial charge in [-0.1, -0.05) is 0 Å². The predicted molar refractivity (Wildman–Crippen MR) is 75.6 cm³/mol. The lowest BCUT2D eigenvalue weighted by molar-refractivity contribution is -0.385. The number of nitro groups is 1. The molecule has 21 heavy (non-hydrogen) atoms. The largest absolute Gasteiger partial charge is 0.490 e. The van der Waals surface area contributed by atoms with E-state index in [-0.39, 0.29) is 35.1 Å². The molecule has 2 atom stereocenters. The molecule has 0 bridgehead atoms. The molecule has 7 nitrogen and oxygen atoms in total. The smallest absolute Gasteiger partial charge is 0.311 e. The van der Waals surface area contributed by atoms with Crippen molar-refractivity contribution in [1.29, 1.82) is 0 Å². The van der Waals surface area contributed by atoms with E-state index in [1.807, 2.05) is 13.8 Å². The van der Waals surface area contributed by atoms with Gasteiger partial charge in [-0.2, -0.15) is 0 Å². The first kappa shape index (κ1) is 15.2. The van der Waals surface area contributed by atoms with Gasteiger partial charge < -0.3 is 14.4 Å². The van der Waals surface area contributed by atoms with Gasteiger partial charge in [0, 0.05) is 24.7 Å². The molecule has 0 aromatic heterocycles. The summed E-state index contributed by atoms with van der Waals surface area (Å²) in [7, 11) is 1.36. The number of hydrogen-bond donors (Lipinski definition) is 0. The number of ether oxygens (including phenoxy) is 2. The van der Waals surface area contributed by atoms with Crippen molar-refractivity contribution in [3.8, 4) is 5.75 Å². The zero-order valence-corrected chi connectivity index (χ0v) is 12.2. The third-order valence-corrected chi connectivity index (χ3v) is 3.33. The van der Waals surface area contributed by atoms with Gasteiger partial charge in [0.15, 0.2) is 5.75 Å². The van der Waals surface area contributed by atoms with Crippen LogP contribution in [0.2, 0.25) is 0 Å². The van der Waals surface area contributed by atoms with E-state index in [1.165, 1.54) is 19.2 Å². The molecule has 2 unspecified atom stereocenters. The highest BCUT2D eigenvalue weighted by atomic mass is 16.6. The minimum absolute atomic E-state index is 0.0501. The summed E-state index contributed by atoms with van der Waals surface area (Å²) in [6.07, 6.45) is -0.100. The predicted octanol–water partition coefficient (Wildman–Crippen LogP) is 1.85. The minimum atomic E-state index is -0.555. The first-order valence-corrected chi connectivity index (χ1v) is 6.69. The standard InChI is InChI=1S/C14H18N2O5/c1-9-7-15(8-10(2)21-9)14(17)11-4-5-13(20-3)12(6-11)16(18)19/h4-6,9-10H,7-8H2,1-3H3. The van der Waals surface area contributed by atoms with Gasteiger partial charge in [-0.15, -0.1) is 0 Å². The molecule has 1 heterocycles. The lowest BCUT2D eigenvalue weighted by Gasteiger charge is -2.35. The quantitative estimate of drug-likeness (QED) is 0.627. The van der Waals surface area contributed by atoms with Crippen molar-refractivity contribution in [3.63, 3.8) is 0 Å². The van der Waals surface area contributed by atoms with Crippen LogP contribution < -0.4 is 4.74 Å². The Kier molecular flexibility index (Phi) is 4.42. The van der Waals surface area contributed by atoms with Crippen LogP contribution in [0.15, 0.2) is 18.2 Å². The van der Waals surface area contributed by atoms with E-state index in [1.54, 1.807) is 11.0 Å². The van der Waals surface area contributed by atoms with Crippen LogP contribution >= 0.6 is 0 Å². The van der Waals surface area contributed by atoms with E-state index in [9.17, 15) is 14.9 Å². The molecule has 2 rings (SSSR count). The van der Waals surface area contributed by atoms with Gasteiger partial charge in [0.05, 0.1) is 24.2 Å². The number of amides is 1. The van der Waals surface area contributed by atoms with Crippen molar-refractivity contribution in [2.75, 3.05) is 20.2 Å². The Morgan fingerprint density at radius 3 is 2.52 bits per heavy atom. The highest BCUT2D eigenvalue weighted by Crippen LogP contribution is 2.28. The number of rotatable bonds is 3. The summed E-state index contributed by atoms with van der Waals surface area (Å²) in [5.74, 6) is -0.0944. The van der Waals surface area contributed by atoms with Crippen LogP contribution in [0.4, 0.5) is 5.69 Å². The van der Waals surface area contributed by atoms with Crippen LogP contribution in [-0.2, 0) is 4.74 Å². The third-order valence-electron chi connectivity index (χ3n) is 3.33. The molecule has 0 saturated carbocycles. The Bertz CT molecular complexity index is 550. The van der Waals surface area contributed by atoms with E-state index in [4.69, 9.17) is 9.47 Å². The van der Waals surface area contributed by atoms with Gasteiger partial charge in [0.1, 0.15) is 0 Å². The number of nitro benzene ring substituents is 1. The number of morpholine rings is 1. The maximum absolute atomic E-state index is 12.5. The van der Waals surface area contributed by atoms with Gasteiger partial charge in [-0.3, -0.25) is 14.9 Å². The SMILES string of the molecule is COc1ccc(C(=O)N2CC(C)OC(C)C2)cc1[N+](=O)[O-]. The Hall–Kier alpha value is -2.15. The van der Waals surface area contributed by atoms with Crippen LogP contribution in [0.3, 0.4) is 0 Å². The van der Waals surface area contributed by atoms with Crippen molar-refractivity contribution >= 4 is 11.6 Å². The summed E-state index contributed by atoms with van der Waals surface area (Å²) in [6.45, 7) is 4.74. The van der Waals surface area contributed by atoms with Crippen LogP contribution in [-0.4, -0.2) is 48.1 Å². The average molecular weight is 294 g/mol. The van der Waals surface area contributed by atoms with E-state index in [0.29, 0.717) is 13.1 Å². The number of hydrogen-bond acceptors (Lipinski definition) is 5. The second-order valence-corrected chi connectivity index (χ2v) is 5.11.